The first-order chi connectivity index (χ1) is 9.68. The van der Waals surface area contributed by atoms with Gasteiger partial charge in [0.25, 0.3) is 0 Å². The zero-order chi connectivity index (χ0) is 14.4. The number of hydrogen-bond acceptors (Lipinski definition) is 5. The predicted octanol–water partition coefficient (Wildman–Crippen LogP) is -0.421. The number of rotatable bonds is 5. The van der Waals surface area contributed by atoms with E-state index in [1.165, 1.54) is 0 Å². The van der Waals surface area contributed by atoms with Crippen molar-refractivity contribution >= 4 is 5.91 Å². The molecule has 2 heterocycles. The lowest BCUT2D eigenvalue weighted by molar-refractivity contribution is -0.136. The molecule has 1 atom stereocenters. The van der Waals surface area contributed by atoms with Gasteiger partial charge in [-0.15, -0.1) is 0 Å². The van der Waals surface area contributed by atoms with Gasteiger partial charge in [-0.25, -0.2) is 0 Å². The summed E-state index contributed by atoms with van der Waals surface area (Å²) in [5.41, 5.74) is 5.42. The molecule has 2 rings (SSSR count). The number of carbonyl (C=O) groups excluding carboxylic acids is 1. The lowest BCUT2D eigenvalue weighted by atomic mass is 9.79. The highest BCUT2D eigenvalue weighted by Gasteiger charge is 2.38. The average Bonchev–Trinajstić information content (AvgIpc) is 2.53. The smallest absolute Gasteiger partial charge is 0.227 e. The molecule has 0 radical (unpaired) electrons. The van der Waals surface area contributed by atoms with Gasteiger partial charge in [0.2, 0.25) is 5.91 Å². The number of nitrogens with one attached hydrogen (secondary N) is 1. The molecule has 0 aliphatic carbocycles. The molecule has 2 aliphatic rings. The first-order valence-corrected chi connectivity index (χ1v) is 7.56. The van der Waals surface area contributed by atoms with Crippen LogP contribution in [-0.2, 0) is 14.3 Å². The van der Waals surface area contributed by atoms with E-state index in [1.807, 2.05) is 0 Å². The van der Waals surface area contributed by atoms with E-state index in [0.717, 1.165) is 39.1 Å². The summed E-state index contributed by atoms with van der Waals surface area (Å²) in [6.07, 6.45) is 1.45. The fourth-order valence-corrected chi connectivity index (χ4v) is 2.86. The maximum absolute atomic E-state index is 12.4. The summed E-state index contributed by atoms with van der Waals surface area (Å²) in [5.74, 6) is 0.0865. The summed E-state index contributed by atoms with van der Waals surface area (Å²) in [6, 6.07) is 0.331. The minimum atomic E-state index is -0.428. The lowest BCUT2D eigenvalue weighted by Crippen LogP contribution is -2.53. The van der Waals surface area contributed by atoms with Gasteiger partial charge in [-0.2, -0.15) is 0 Å². The van der Waals surface area contributed by atoms with Crippen LogP contribution in [0.1, 0.15) is 19.8 Å². The molecule has 0 aromatic carbocycles. The highest BCUT2D eigenvalue weighted by Crippen LogP contribution is 2.29. The van der Waals surface area contributed by atoms with Crippen LogP contribution in [0.3, 0.4) is 0 Å². The van der Waals surface area contributed by atoms with Gasteiger partial charge in [-0.05, 0) is 19.8 Å². The van der Waals surface area contributed by atoms with Crippen LogP contribution in [0.15, 0.2) is 0 Å². The van der Waals surface area contributed by atoms with Crippen LogP contribution in [-0.4, -0.2) is 69.5 Å². The largest absolute Gasteiger partial charge is 0.381 e. The van der Waals surface area contributed by atoms with Crippen LogP contribution in [0.25, 0.3) is 0 Å². The number of morpholine rings is 1. The maximum Gasteiger partial charge on any atom is 0.227 e. The van der Waals surface area contributed by atoms with E-state index in [1.54, 1.807) is 0 Å². The molecule has 6 heteroatoms. The zero-order valence-electron chi connectivity index (χ0n) is 12.4. The van der Waals surface area contributed by atoms with Crippen LogP contribution >= 0.6 is 0 Å². The van der Waals surface area contributed by atoms with Gasteiger partial charge in [0.05, 0.1) is 18.6 Å². The number of nitrogens with two attached hydrogens (primary N) is 1. The minimum Gasteiger partial charge on any atom is -0.381 e. The number of hydrogen-bond donors (Lipinski definition) is 2. The number of carbonyl (C=O) groups is 1. The van der Waals surface area contributed by atoms with Crippen molar-refractivity contribution in [2.45, 2.75) is 25.8 Å². The van der Waals surface area contributed by atoms with Gasteiger partial charge in [0.15, 0.2) is 0 Å². The molecule has 0 aromatic rings. The Morgan fingerprint density at radius 1 is 1.25 bits per heavy atom. The third-order valence-corrected chi connectivity index (χ3v) is 4.55. The molecule has 6 nitrogen and oxygen atoms in total. The number of nitrogens with zero attached hydrogens (tertiary/aromatic N) is 1. The fraction of sp³-hybridized carbons (Fsp3) is 0.929. The second-order valence-corrected chi connectivity index (χ2v) is 5.80. The molecular weight excluding hydrogens is 258 g/mol. The average molecular weight is 285 g/mol. The molecule has 2 aliphatic heterocycles. The normalized spacial score (nSPS) is 25.1. The van der Waals surface area contributed by atoms with E-state index >= 15 is 0 Å². The molecule has 0 bridgehead atoms. The van der Waals surface area contributed by atoms with Crippen LogP contribution in [0.5, 0.6) is 0 Å². The topological polar surface area (TPSA) is 76.8 Å². The molecule has 20 heavy (non-hydrogen) atoms. The van der Waals surface area contributed by atoms with Gasteiger partial charge >= 0.3 is 0 Å². The first kappa shape index (κ1) is 15.7. The van der Waals surface area contributed by atoms with Gasteiger partial charge in [-0.3, -0.25) is 9.69 Å². The standard InChI is InChI=1S/C14H27N3O3/c1-12(17-4-8-20-9-5-17)10-16-13(18)14(11-15)2-6-19-7-3-14/h12H,2-11,15H2,1H3,(H,16,18). The Labute approximate surface area is 121 Å². The summed E-state index contributed by atoms with van der Waals surface area (Å²) in [5, 5.41) is 3.08. The van der Waals surface area contributed by atoms with E-state index < -0.39 is 5.41 Å². The van der Waals surface area contributed by atoms with Crippen molar-refractivity contribution in [2.75, 3.05) is 52.6 Å². The summed E-state index contributed by atoms with van der Waals surface area (Å²) in [4.78, 5) is 14.8. The molecule has 2 saturated heterocycles. The van der Waals surface area contributed by atoms with E-state index in [-0.39, 0.29) is 5.91 Å². The van der Waals surface area contributed by atoms with E-state index in [4.69, 9.17) is 15.2 Å². The van der Waals surface area contributed by atoms with Crippen LogP contribution in [0, 0.1) is 5.41 Å². The molecule has 2 fully saturated rings. The summed E-state index contributed by atoms with van der Waals surface area (Å²) in [6.45, 7) is 7.90. The third kappa shape index (κ3) is 3.69. The van der Waals surface area contributed by atoms with Crippen LogP contribution < -0.4 is 11.1 Å². The molecule has 1 unspecified atom stereocenters. The van der Waals surface area contributed by atoms with Crippen molar-refractivity contribution in [1.29, 1.82) is 0 Å². The Bertz CT molecular complexity index is 313. The highest BCUT2D eigenvalue weighted by atomic mass is 16.5. The first-order valence-electron chi connectivity index (χ1n) is 7.56. The number of amides is 1. The van der Waals surface area contributed by atoms with Gasteiger partial charge in [0.1, 0.15) is 0 Å². The van der Waals surface area contributed by atoms with Crippen molar-refractivity contribution in [3.8, 4) is 0 Å². The zero-order valence-corrected chi connectivity index (χ0v) is 12.4. The van der Waals surface area contributed by atoms with E-state index in [9.17, 15) is 4.79 Å². The van der Waals surface area contributed by atoms with Gasteiger partial charge in [-0.1, -0.05) is 0 Å². The van der Waals surface area contributed by atoms with Crippen LogP contribution in [0.2, 0.25) is 0 Å². The monoisotopic (exact) mass is 285 g/mol. The number of ether oxygens (including phenoxy) is 2. The molecule has 1 amide bonds. The van der Waals surface area contributed by atoms with E-state index in [2.05, 4.69) is 17.1 Å². The fourth-order valence-electron chi connectivity index (χ4n) is 2.86. The van der Waals surface area contributed by atoms with Crippen molar-refractivity contribution in [2.24, 2.45) is 11.1 Å². The van der Waals surface area contributed by atoms with Crippen molar-refractivity contribution in [1.82, 2.24) is 10.2 Å². The lowest BCUT2D eigenvalue weighted by Gasteiger charge is -2.36. The summed E-state index contributed by atoms with van der Waals surface area (Å²) in [7, 11) is 0. The highest BCUT2D eigenvalue weighted by molar-refractivity contribution is 5.83. The molecule has 0 saturated carbocycles. The molecular formula is C14H27N3O3. The Morgan fingerprint density at radius 3 is 2.45 bits per heavy atom. The Morgan fingerprint density at radius 2 is 1.85 bits per heavy atom. The minimum absolute atomic E-state index is 0.0865. The Kier molecular flexibility index (Phi) is 5.77. The SMILES string of the molecule is CC(CNC(=O)C1(CN)CCOCC1)N1CCOCC1. The van der Waals surface area contributed by atoms with Gasteiger partial charge < -0.3 is 20.5 Å². The van der Waals surface area contributed by atoms with Crippen molar-refractivity contribution < 1.29 is 14.3 Å². The quantitative estimate of drug-likeness (QED) is 0.717. The molecule has 3 N–H and O–H groups in total. The third-order valence-electron chi connectivity index (χ3n) is 4.55. The Hall–Kier alpha value is -0.690. The predicted molar refractivity (Wildman–Crippen MR) is 76.4 cm³/mol. The summed E-state index contributed by atoms with van der Waals surface area (Å²) >= 11 is 0. The van der Waals surface area contributed by atoms with E-state index in [0.29, 0.717) is 32.3 Å². The molecule has 116 valence electrons. The van der Waals surface area contributed by atoms with Crippen LogP contribution in [0.4, 0.5) is 0 Å². The second kappa shape index (κ2) is 7.36. The summed E-state index contributed by atoms with van der Waals surface area (Å²) < 4.78 is 10.7. The molecule has 0 spiro atoms. The van der Waals surface area contributed by atoms with Gasteiger partial charge in [0, 0.05) is 45.4 Å². The Balaban J connectivity index is 1.80. The van der Waals surface area contributed by atoms with Crippen molar-refractivity contribution in [3.05, 3.63) is 0 Å². The molecule has 0 aromatic heterocycles. The van der Waals surface area contributed by atoms with Crippen molar-refractivity contribution in [3.63, 3.8) is 0 Å². The maximum atomic E-state index is 12.4. The second-order valence-electron chi connectivity index (χ2n) is 5.80.